The van der Waals surface area contributed by atoms with E-state index in [2.05, 4.69) is 5.32 Å². The Morgan fingerprint density at radius 1 is 1.14 bits per heavy atom. The van der Waals surface area contributed by atoms with Crippen LogP contribution in [0.5, 0.6) is 0 Å². The van der Waals surface area contributed by atoms with Gasteiger partial charge in [0, 0.05) is 0 Å². The van der Waals surface area contributed by atoms with Gasteiger partial charge in [0.1, 0.15) is 0 Å². The molecule has 108 valence electrons. The molecular formula is C14H10Cl2N2O3. The zero-order chi connectivity index (χ0) is 15.6. The maximum Gasteiger partial charge on any atom is 0.335 e. The number of nitrogens with two attached hydrogens (primary N) is 1. The van der Waals surface area contributed by atoms with Gasteiger partial charge in [-0.1, -0.05) is 29.3 Å². The first-order chi connectivity index (χ1) is 9.90. The Kier molecular flexibility index (Phi) is 4.35. The molecule has 4 N–H and O–H groups in total. The monoisotopic (exact) mass is 324 g/mol. The number of hydrogen-bond acceptors (Lipinski definition) is 3. The smallest absolute Gasteiger partial charge is 0.335 e. The number of carbonyl (C=O) groups excluding carboxylic acids is 1. The minimum Gasteiger partial charge on any atom is -0.478 e. The van der Waals surface area contributed by atoms with Crippen LogP contribution in [0.25, 0.3) is 0 Å². The average Bonchev–Trinajstić information content (AvgIpc) is 2.43. The molecular weight excluding hydrogens is 315 g/mol. The molecule has 2 aromatic rings. The van der Waals surface area contributed by atoms with Gasteiger partial charge in [-0.3, -0.25) is 4.79 Å². The van der Waals surface area contributed by atoms with Crippen molar-refractivity contribution in [3.05, 3.63) is 57.6 Å². The summed E-state index contributed by atoms with van der Waals surface area (Å²) in [6.45, 7) is 0. The van der Waals surface area contributed by atoms with Crippen LogP contribution in [0.3, 0.4) is 0 Å². The third kappa shape index (κ3) is 3.26. The van der Waals surface area contributed by atoms with Crippen LogP contribution in [0.1, 0.15) is 20.7 Å². The lowest BCUT2D eigenvalue weighted by Crippen LogP contribution is -2.14. The Morgan fingerprint density at radius 3 is 2.48 bits per heavy atom. The second-order valence-electron chi connectivity index (χ2n) is 4.16. The van der Waals surface area contributed by atoms with Crippen LogP contribution in [-0.4, -0.2) is 17.0 Å². The van der Waals surface area contributed by atoms with E-state index < -0.39 is 11.9 Å². The van der Waals surface area contributed by atoms with Crippen LogP contribution < -0.4 is 11.1 Å². The molecule has 0 aliphatic heterocycles. The van der Waals surface area contributed by atoms with Gasteiger partial charge in [0.2, 0.25) is 0 Å². The Labute approximate surface area is 130 Å². The van der Waals surface area contributed by atoms with E-state index in [-0.39, 0.29) is 26.9 Å². The van der Waals surface area contributed by atoms with Crippen molar-refractivity contribution < 1.29 is 14.7 Å². The number of halogens is 2. The van der Waals surface area contributed by atoms with Crippen LogP contribution in [0.2, 0.25) is 10.0 Å². The summed E-state index contributed by atoms with van der Waals surface area (Å²) < 4.78 is 0. The lowest BCUT2D eigenvalue weighted by Gasteiger charge is -2.10. The molecule has 2 rings (SSSR count). The maximum atomic E-state index is 12.1. The molecule has 0 aromatic heterocycles. The van der Waals surface area contributed by atoms with Crippen molar-refractivity contribution in [2.24, 2.45) is 0 Å². The molecule has 0 heterocycles. The van der Waals surface area contributed by atoms with Crippen LogP contribution in [0.4, 0.5) is 11.4 Å². The Hall–Kier alpha value is -2.24. The molecule has 0 unspecified atom stereocenters. The summed E-state index contributed by atoms with van der Waals surface area (Å²) in [6, 6.07) is 8.70. The molecule has 0 saturated carbocycles. The van der Waals surface area contributed by atoms with Gasteiger partial charge in [0.05, 0.1) is 32.5 Å². The number of aromatic carboxylic acids is 1. The molecule has 0 aliphatic carbocycles. The molecule has 0 fully saturated rings. The third-order valence-electron chi connectivity index (χ3n) is 2.74. The molecule has 2 aromatic carbocycles. The summed E-state index contributed by atoms with van der Waals surface area (Å²) in [5.74, 6) is -1.59. The largest absolute Gasteiger partial charge is 0.478 e. The van der Waals surface area contributed by atoms with Crippen molar-refractivity contribution in [2.45, 2.75) is 0 Å². The van der Waals surface area contributed by atoms with Crippen LogP contribution in [0, 0.1) is 0 Å². The second kappa shape index (κ2) is 6.03. The number of carboxylic acid groups (broad SMARTS) is 1. The Morgan fingerprint density at radius 2 is 1.86 bits per heavy atom. The molecule has 0 radical (unpaired) electrons. The molecule has 0 spiro atoms. The highest BCUT2D eigenvalue weighted by Crippen LogP contribution is 2.27. The minimum atomic E-state index is -1.10. The fourth-order valence-corrected chi connectivity index (χ4v) is 2.06. The number of nitrogen functional groups attached to an aromatic ring is 1. The quantitative estimate of drug-likeness (QED) is 0.753. The first-order valence-corrected chi connectivity index (χ1v) is 6.54. The van der Waals surface area contributed by atoms with Crippen molar-refractivity contribution in [3.63, 3.8) is 0 Å². The zero-order valence-electron chi connectivity index (χ0n) is 10.6. The lowest BCUT2D eigenvalue weighted by molar-refractivity contribution is 0.0697. The van der Waals surface area contributed by atoms with Crippen molar-refractivity contribution in [2.75, 3.05) is 11.1 Å². The van der Waals surface area contributed by atoms with E-state index in [1.807, 2.05) is 0 Å². The van der Waals surface area contributed by atoms with E-state index in [1.165, 1.54) is 24.3 Å². The highest BCUT2D eigenvalue weighted by atomic mass is 35.5. The highest BCUT2D eigenvalue weighted by Gasteiger charge is 2.14. The predicted molar refractivity (Wildman–Crippen MR) is 82.2 cm³/mol. The van der Waals surface area contributed by atoms with Crippen molar-refractivity contribution in [3.8, 4) is 0 Å². The fraction of sp³-hybridized carbons (Fsp3) is 0. The molecule has 0 bridgehead atoms. The van der Waals surface area contributed by atoms with Gasteiger partial charge in [-0.15, -0.1) is 0 Å². The number of carboxylic acids is 1. The van der Waals surface area contributed by atoms with Gasteiger partial charge in [0.15, 0.2) is 0 Å². The summed E-state index contributed by atoms with van der Waals surface area (Å²) in [4.78, 5) is 22.9. The predicted octanol–water partition coefficient (Wildman–Crippen LogP) is 3.53. The van der Waals surface area contributed by atoms with E-state index >= 15 is 0 Å². The third-order valence-corrected chi connectivity index (χ3v) is 3.56. The summed E-state index contributed by atoms with van der Waals surface area (Å²) in [5, 5.41) is 11.8. The molecule has 7 heteroatoms. The van der Waals surface area contributed by atoms with E-state index in [1.54, 1.807) is 12.1 Å². The van der Waals surface area contributed by atoms with Crippen LogP contribution in [0.15, 0.2) is 36.4 Å². The van der Waals surface area contributed by atoms with Crippen LogP contribution >= 0.6 is 23.2 Å². The zero-order valence-corrected chi connectivity index (χ0v) is 12.1. The molecule has 5 nitrogen and oxygen atoms in total. The normalized spacial score (nSPS) is 10.2. The first kappa shape index (κ1) is 15.2. The number of hydrogen-bond donors (Lipinski definition) is 3. The van der Waals surface area contributed by atoms with Gasteiger partial charge in [-0.25, -0.2) is 4.79 Å². The van der Waals surface area contributed by atoms with Crippen molar-refractivity contribution in [1.29, 1.82) is 0 Å². The molecule has 0 atom stereocenters. The topological polar surface area (TPSA) is 92.4 Å². The molecule has 1 amide bonds. The number of anilines is 2. The number of amides is 1. The maximum absolute atomic E-state index is 12.1. The standard InChI is InChI=1S/C14H10Cl2N2O3/c15-9-3-1-2-8(12(9)16)13(19)18-11-5-4-7(14(20)21)6-10(11)17/h1-6H,17H2,(H,18,19)(H,20,21). The second-order valence-corrected chi connectivity index (χ2v) is 4.95. The SMILES string of the molecule is Nc1cc(C(=O)O)ccc1NC(=O)c1cccc(Cl)c1Cl. The fourth-order valence-electron chi connectivity index (χ4n) is 1.68. The number of rotatable bonds is 3. The average molecular weight is 325 g/mol. The van der Waals surface area contributed by atoms with Gasteiger partial charge in [0.25, 0.3) is 5.91 Å². The minimum absolute atomic E-state index is 0.0336. The number of benzene rings is 2. The first-order valence-electron chi connectivity index (χ1n) is 5.78. The van der Waals surface area contributed by atoms with E-state index in [9.17, 15) is 9.59 Å². The van der Waals surface area contributed by atoms with E-state index in [0.29, 0.717) is 5.69 Å². The van der Waals surface area contributed by atoms with Gasteiger partial charge in [-0.05, 0) is 30.3 Å². The molecule has 21 heavy (non-hydrogen) atoms. The Bertz CT molecular complexity index is 732. The number of nitrogens with one attached hydrogen (secondary N) is 1. The highest BCUT2D eigenvalue weighted by molar-refractivity contribution is 6.44. The number of carbonyl (C=O) groups is 2. The summed E-state index contributed by atoms with van der Waals surface area (Å²) in [6.07, 6.45) is 0. The van der Waals surface area contributed by atoms with Gasteiger partial charge < -0.3 is 16.2 Å². The summed E-state index contributed by atoms with van der Waals surface area (Å²) in [5.41, 5.74) is 6.38. The lowest BCUT2D eigenvalue weighted by atomic mass is 10.1. The Balaban J connectivity index is 2.28. The molecule has 0 aliphatic rings. The van der Waals surface area contributed by atoms with E-state index in [4.69, 9.17) is 34.0 Å². The molecule has 0 saturated heterocycles. The van der Waals surface area contributed by atoms with Gasteiger partial charge >= 0.3 is 5.97 Å². The van der Waals surface area contributed by atoms with Crippen molar-refractivity contribution in [1.82, 2.24) is 0 Å². The van der Waals surface area contributed by atoms with Crippen LogP contribution in [-0.2, 0) is 0 Å². The van der Waals surface area contributed by atoms with Gasteiger partial charge in [-0.2, -0.15) is 0 Å². The summed E-state index contributed by atoms with van der Waals surface area (Å²) in [7, 11) is 0. The van der Waals surface area contributed by atoms with Crippen molar-refractivity contribution >= 4 is 46.5 Å². The van der Waals surface area contributed by atoms with E-state index in [0.717, 1.165) is 0 Å². The summed E-state index contributed by atoms with van der Waals surface area (Å²) >= 11 is 11.8.